The molecule has 0 amide bonds. The van der Waals surface area contributed by atoms with Gasteiger partial charge in [-0.3, -0.25) is 0 Å². The maximum atomic E-state index is 5.42. The Bertz CT molecular complexity index is 444. The second-order valence-electron chi connectivity index (χ2n) is 3.78. The van der Waals surface area contributed by atoms with Crippen molar-refractivity contribution in [2.24, 2.45) is 0 Å². The summed E-state index contributed by atoms with van der Waals surface area (Å²) in [5.41, 5.74) is 2.53. The van der Waals surface area contributed by atoms with E-state index in [1.165, 1.54) is 11.1 Å². The maximum absolute atomic E-state index is 5.42. The Morgan fingerprint density at radius 1 is 1.06 bits per heavy atom. The summed E-state index contributed by atoms with van der Waals surface area (Å²) < 4.78 is 10.2. The number of hydrogen-bond donors (Lipinski definition) is 0. The van der Waals surface area contributed by atoms with E-state index in [4.69, 9.17) is 9.47 Å². The highest BCUT2D eigenvalue weighted by Gasteiger charge is 2.07. The molecular formula is C15H16O2. The first-order chi connectivity index (χ1) is 8.38. The fourth-order valence-corrected chi connectivity index (χ4v) is 1.63. The molecule has 0 radical (unpaired) electrons. The summed E-state index contributed by atoms with van der Waals surface area (Å²) in [5, 5.41) is 0. The molecule has 0 atom stereocenters. The zero-order chi connectivity index (χ0) is 11.9. The number of hydrogen-bond acceptors (Lipinski definition) is 2. The fraction of sp³-hybridized carbons (Fsp3) is 0.200. The fourth-order valence-electron chi connectivity index (χ4n) is 1.63. The molecule has 0 aliphatic carbocycles. The first-order valence-electron chi connectivity index (χ1n) is 5.70. The van der Waals surface area contributed by atoms with Gasteiger partial charge in [0.1, 0.15) is 19.0 Å². The standard InChI is InChI=1S/C10H10O.C5H6O/c1-8-6-7-11-10-5-3-2-4-9(8)10;1-2-4-6-5-3-1/h2-6H,7H2,1H3;1-4H,5H2. The second-order valence-corrected chi connectivity index (χ2v) is 3.78. The molecule has 1 aromatic rings. The van der Waals surface area contributed by atoms with Crippen molar-refractivity contribution in [3.05, 3.63) is 60.4 Å². The first-order valence-corrected chi connectivity index (χ1v) is 5.70. The van der Waals surface area contributed by atoms with Crippen LogP contribution in [0.1, 0.15) is 12.5 Å². The zero-order valence-electron chi connectivity index (χ0n) is 9.93. The summed E-state index contributed by atoms with van der Waals surface area (Å²) in [6.45, 7) is 3.56. The number of rotatable bonds is 0. The van der Waals surface area contributed by atoms with Crippen molar-refractivity contribution in [3.8, 4) is 5.75 Å². The SMILES string of the molecule is C1=CCOC=C1.CC1=CCOc2ccccc21. The van der Waals surface area contributed by atoms with Crippen molar-refractivity contribution < 1.29 is 9.47 Å². The van der Waals surface area contributed by atoms with Gasteiger partial charge in [-0.15, -0.1) is 0 Å². The second kappa shape index (κ2) is 5.94. The molecule has 2 heterocycles. The molecule has 0 fully saturated rings. The number of benzene rings is 1. The lowest BCUT2D eigenvalue weighted by molar-refractivity contribution is 0.286. The minimum absolute atomic E-state index is 0.711. The molecule has 0 aromatic heterocycles. The van der Waals surface area contributed by atoms with Crippen LogP contribution in [0.15, 0.2) is 54.8 Å². The monoisotopic (exact) mass is 228 g/mol. The largest absolute Gasteiger partial charge is 0.497 e. The molecule has 0 N–H and O–H groups in total. The lowest BCUT2D eigenvalue weighted by Gasteiger charge is -2.15. The Balaban J connectivity index is 0.000000153. The molecule has 2 aliphatic rings. The van der Waals surface area contributed by atoms with Crippen molar-refractivity contribution in [2.75, 3.05) is 13.2 Å². The van der Waals surface area contributed by atoms with E-state index >= 15 is 0 Å². The number of allylic oxidation sites excluding steroid dienone is 3. The molecule has 0 saturated heterocycles. The lowest BCUT2D eigenvalue weighted by atomic mass is 10.0. The van der Waals surface area contributed by atoms with Gasteiger partial charge >= 0.3 is 0 Å². The molecule has 2 aliphatic heterocycles. The van der Waals surface area contributed by atoms with E-state index in [1.807, 2.05) is 36.4 Å². The van der Waals surface area contributed by atoms with Gasteiger partial charge in [0.05, 0.1) is 6.26 Å². The first kappa shape index (κ1) is 11.5. The van der Waals surface area contributed by atoms with E-state index in [-0.39, 0.29) is 0 Å². The Labute approximate surface area is 102 Å². The topological polar surface area (TPSA) is 18.5 Å². The van der Waals surface area contributed by atoms with Crippen LogP contribution >= 0.6 is 0 Å². The van der Waals surface area contributed by atoms with E-state index in [9.17, 15) is 0 Å². The molecule has 0 unspecified atom stereocenters. The molecular weight excluding hydrogens is 212 g/mol. The van der Waals surface area contributed by atoms with Gasteiger partial charge in [0, 0.05) is 5.56 Å². The van der Waals surface area contributed by atoms with Crippen LogP contribution in [0.2, 0.25) is 0 Å². The third-order valence-electron chi connectivity index (χ3n) is 2.55. The van der Waals surface area contributed by atoms with Gasteiger partial charge in [-0.2, -0.15) is 0 Å². The smallest absolute Gasteiger partial charge is 0.127 e. The summed E-state index contributed by atoms with van der Waals surface area (Å²) in [5.74, 6) is 1.01. The summed E-state index contributed by atoms with van der Waals surface area (Å²) in [4.78, 5) is 0. The average Bonchev–Trinajstić information content (AvgIpc) is 2.42. The van der Waals surface area contributed by atoms with E-state index in [0.29, 0.717) is 6.61 Å². The van der Waals surface area contributed by atoms with Crippen LogP contribution < -0.4 is 4.74 Å². The molecule has 0 bridgehead atoms. The van der Waals surface area contributed by atoms with Crippen LogP contribution in [0.4, 0.5) is 0 Å². The highest BCUT2D eigenvalue weighted by molar-refractivity contribution is 5.70. The molecule has 3 rings (SSSR count). The zero-order valence-corrected chi connectivity index (χ0v) is 9.93. The Kier molecular flexibility index (Phi) is 4.03. The third kappa shape index (κ3) is 3.25. The molecule has 2 heteroatoms. The van der Waals surface area contributed by atoms with Crippen LogP contribution in [0, 0.1) is 0 Å². The van der Waals surface area contributed by atoms with Crippen LogP contribution in [-0.4, -0.2) is 13.2 Å². The number of ether oxygens (including phenoxy) is 2. The lowest BCUT2D eigenvalue weighted by Crippen LogP contribution is -2.02. The van der Waals surface area contributed by atoms with E-state index in [0.717, 1.165) is 12.4 Å². The summed E-state index contributed by atoms with van der Waals surface area (Å²) in [6.07, 6.45) is 9.56. The van der Waals surface area contributed by atoms with Crippen LogP contribution in [0.5, 0.6) is 5.75 Å². The minimum Gasteiger partial charge on any atom is -0.497 e. The van der Waals surface area contributed by atoms with Crippen molar-refractivity contribution in [1.82, 2.24) is 0 Å². The third-order valence-corrected chi connectivity index (χ3v) is 2.55. The number of fused-ring (bicyclic) bond motifs is 1. The van der Waals surface area contributed by atoms with Crippen LogP contribution in [0.25, 0.3) is 5.57 Å². The summed E-state index contributed by atoms with van der Waals surface area (Å²) in [6, 6.07) is 8.12. The van der Waals surface area contributed by atoms with Gasteiger partial charge < -0.3 is 9.47 Å². The predicted molar refractivity (Wildman–Crippen MR) is 69.8 cm³/mol. The highest BCUT2D eigenvalue weighted by Crippen LogP contribution is 2.28. The van der Waals surface area contributed by atoms with Crippen LogP contribution in [0.3, 0.4) is 0 Å². The Morgan fingerprint density at radius 2 is 1.94 bits per heavy atom. The molecule has 2 nitrogen and oxygen atoms in total. The molecule has 88 valence electrons. The van der Waals surface area contributed by atoms with Crippen molar-refractivity contribution in [2.45, 2.75) is 6.92 Å². The minimum atomic E-state index is 0.711. The van der Waals surface area contributed by atoms with Gasteiger partial charge in [-0.25, -0.2) is 0 Å². The van der Waals surface area contributed by atoms with Crippen LogP contribution in [-0.2, 0) is 4.74 Å². The van der Waals surface area contributed by atoms with Gasteiger partial charge in [-0.1, -0.05) is 24.3 Å². The van der Waals surface area contributed by atoms with Crippen molar-refractivity contribution in [1.29, 1.82) is 0 Å². The predicted octanol–water partition coefficient (Wildman–Crippen LogP) is 3.57. The highest BCUT2D eigenvalue weighted by atomic mass is 16.5. The Morgan fingerprint density at radius 3 is 2.53 bits per heavy atom. The average molecular weight is 228 g/mol. The van der Waals surface area contributed by atoms with Gasteiger partial charge in [-0.05, 0) is 36.8 Å². The normalized spacial score (nSPS) is 15.7. The molecule has 1 aromatic carbocycles. The van der Waals surface area contributed by atoms with E-state index in [1.54, 1.807) is 6.26 Å². The summed E-state index contributed by atoms with van der Waals surface area (Å²) >= 11 is 0. The maximum Gasteiger partial charge on any atom is 0.127 e. The molecule has 0 saturated carbocycles. The van der Waals surface area contributed by atoms with E-state index < -0.39 is 0 Å². The molecule has 17 heavy (non-hydrogen) atoms. The number of para-hydroxylation sites is 1. The summed E-state index contributed by atoms with van der Waals surface area (Å²) in [7, 11) is 0. The van der Waals surface area contributed by atoms with Gasteiger partial charge in [0.15, 0.2) is 0 Å². The van der Waals surface area contributed by atoms with E-state index in [2.05, 4.69) is 19.1 Å². The van der Waals surface area contributed by atoms with Gasteiger partial charge in [0.25, 0.3) is 0 Å². The van der Waals surface area contributed by atoms with Crippen molar-refractivity contribution in [3.63, 3.8) is 0 Å². The quantitative estimate of drug-likeness (QED) is 0.676. The van der Waals surface area contributed by atoms with Gasteiger partial charge in [0.2, 0.25) is 0 Å². The Hall–Kier alpha value is -1.96. The van der Waals surface area contributed by atoms with Crippen molar-refractivity contribution >= 4 is 5.57 Å². The molecule has 0 spiro atoms.